The van der Waals surface area contributed by atoms with E-state index in [-0.39, 0.29) is 23.9 Å². The van der Waals surface area contributed by atoms with E-state index in [1.54, 1.807) is 0 Å². The normalized spacial score (nSPS) is 23.0. The molecule has 0 spiro atoms. The molecule has 3 rings (SSSR count). The third kappa shape index (κ3) is 3.36. The molecule has 1 saturated heterocycles. The van der Waals surface area contributed by atoms with Crippen LogP contribution in [-0.2, 0) is 4.79 Å². The molecule has 4 unspecified atom stereocenters. The standard InChI is InChI=1S/C21H26N2O/c1-15-13-19(17-9-5-3-6-10-17)14-23(15)21(24)16(2)20(22)18-11-7-4-8-12-18/h3-12,15-16,19-20H,13-14,22H2,1-2H3. The van der Waals surface area contributed by atoms with E-state index in [0.29, 0.717) is 5.92 Å². The highest BCUT2D eigenvalue weighted by atomic mass is 16.2. The Morgan fingerprint density at radius 3 is 2.29 bits per heavy atom. The van der Waals surface area contributed by atoms with E-state index in [0.717, 1.165) is 18.5 Å². The molecule has 1 fully saturated rings. The maximum atomic E-state index is 13.0. The number of nitrogens with zero attached hydrogens (tertiary/aromatic N) is 1. The molecule has 0 aromatic heterocycles. The number of nitrogens with two attached hydrogens (primary N) is 1. The summed E-state index contributed by atoms with van der Waals surface area (Å²) < 4.78 is 0. The van der Waals surface area contributed by atoms with Crippen LogP contribution in [0.25, 0.3) is 0 Å². The third-order valence-corrected chi connectivity index (χ3v) is 5.24. The number of rotatable bonds is 4. The van der Waals surface area contributed by atoms with Gasteiger partial charge < -0.3 is 10.6 Å². The molecule has 1 aliphatic rings. The quantitative estimate of drug-likeness (QED) is 0.932. The second kappa shape index (κ2) is 7.18. The average Bonchev–Trinajstić information content (AvgIpc) is 3.03. The van der Waals surface area contributed by atoms with Crippen LogP contribution >= 0.6 is 0 Å². The summed E-state index contributed by atoms with van der Waals surface area (Å²) in [7, 11) is 0. The maximum Gasteiger partial charge on any atom is 0.227 e. The van der Waals surface area contributed by atoms with Crippen molar-refractivity contribution < 1.29 is 4.79 Å². The SMILES string of the molecule is CC(C(=O)N1CC(c2ccccc2)CC1C)C(N)c1ccccc1. The number of amides is 1. The van der Waals surface area contributed by atoms with Crippen LogP contribution in [0.15, 0.2) is 60.7 Å². The predicted molar refractivity (Wildman–Crippen MR) is 97.5 cm³/mol. The fourth-order valence-corrected chi connectivity index (χ4v) is 3.68. The van der Waals surface area contributed by atoms with E-state index in [2.05, 4.69) is 31.2 Å². The van der Waals surface area contributed by atoms with Crippen molar-refractivity contribution in [1.29, 1.82) is 0 Å². The van der Waals surface area contributed by atoms with Crippen LogP contribution in [0.2, 0.25) is 0 Å². The monoisotopic (exact) mass is 322 g/mol. The Balaban J connectivity index is 1.70. The number of carbonyl (C=O) groups excluding carboxylic acids is 1. The lowest BCUT2D eigenvalue weighted by Crippen LogP contribution is -2.41. The zero-order valence-corrected chi connectivity index (χ0v) is 14.4. The molecule has 2 aromatic rings. The van der Waals surface area contributed by atoms with Crippen LogP contribution in [0.1, 0.15) is 43.4 Å². The first-order chi connectivity index (χ1) is 11.6. The van der Waals surface area contributed by atoms with E-state index in [9.17, 15) is 4.79 Å². The van der Waals surface area contributed by atoms with Gasteiger partial charge in [0.15, 0.2) is 0 Å². The van der Waals surface area contributed by atoms with E-state index >= 15 is 0 Å². The largest absolute Gasteiger partial charge is 0.339 e. The summed E-state index contributed by atoms with van der Waals surface area (Å²) in [6.45, 7) is 4.88. The minimum atomic E-state index is -0.262. The van der Waals surface area contributed by atoms with Crippen molar-refractivity contribution in [3.05, 3.63) is 71.8 Å². The molecule has 4 atom stereocenters. The smallest absolute Gasteiger partial charge is 0.227 e. The summed E-state index contributed by atoms with van der Waals surface area (Å²) in [5, 5.41) is 0. The van der Waals surface area contributed by atoms with Gasteiger partial charge in [0, 0.05) is 24.5 Å². The molecule has 0 saturated carbocycles. The van der Waals surface area contributed by atoms with Crippen molar-refractivity contribution in [3.8, 4) is 0 Å². The van der Waals surface area contributed by atoms with Crippen LogP contribution < -0.4 is 5.73 Å². The second-order valence-corrected chi connectivity index (χ2v) is 6.91. The molecule has 2 N–H and O–H groups in total. The van der Waals surface area contributed by atoms with Gasteiger partial charge in [-0.1, -0.05) is 67.6 Å². The topological polar surface area (TPSA) is 46.3 Å². The van der Waals surface area contributed by atoms with Gasteiger partial charge in [-0.05, 0) is 24.5 Å². The van der Waals surface area contributed by atoms with Crippen LogP contribution in [-0.4, -0.2) is 23.4 Å². The molecule has 0 radical (unpaired) electrons. The lowest BCUT2D eigenvalue weighted by molar-refractivity contribution is -0.136. The molecule has 0 bridgehead atoms. The zero-order chi connectivity index (χ0) is 17.1. The summed E-state index contributed by atoms with van der Waals surface area (Å²) in [6, 6.07) is 20.4. The van der Waals surface area contributed by atoms with Gasteiger partial charge in [-0.2, -0.15) is 0 Å². The molecular weight excluding hydrogens is 296 g/mol. The number of benzene rings is 2. The van der Waals surface area contributed by atoms with Gasteiger partial charge in [-0.15, -0.1) is 0 Å². The fraction of sp³-hybridized carbons (Fsp3) is 0.381. The number of hydrogen-bond donors (Lipinski definition) is 1. The molecule has 24 heavy (non-hydrogen) atoms. The number of carbonyl (C=O) groups is 1. The van der Waals surface area contributed by atoms with Gasteiger partial charge in [-0.3, -0.25) is 4.79 Å². The fourth-order valence-electron chi connectivity index (χ4n) is 3.68. The van der Waals surface area contributed by atoms with Crippen molar-refractivity contribution in [1.82, 2.24) is 4.90 Å². The van der Waals surface area contributed by atoms with E-state index < -0.39 is 0 Å². The highest BCUT2D eigenvalue weighted by Gasteiger charge is 2.36. The molecule has 3 nitrogen and oxygen atoms in total. The Morgan fingerprint density at radius 1 is 1.08 bits per heavy atom. The highest BCUT2D eigenvalue weighted by Crippen LogP contribution is 2.33. The Kier molecular flexibility index (Phi) is 5.00. The summed E-state index contributed by atoms with van der Waals surface area (Å²) in [5.74, 6) is 0.368. The number of hydrogen-bond acceptors (Lipinski definition) is 2. The lowest BCUT2D eigenvalue weighted by Gasteiger charge is -2.28. The van der Waals surface area contributed by atoms with Gasteiger partial charge in [-0.25, -0.2) is 0 Å². The minimum absolute atomic E-state index is 0.164. The van der Waals surface area contributed by atoms with Crippen LogP contribution in [0.3, 0.4) is 0 Å². The van der Waals surface area contributed by atoms with E-state index in [1.807, 2.05) is 48.2 Å². The third-order valence-electron chi connectivity index (χ3n) is 5.24. The summed E-state index contributed by atoms with van der Waals surface area (Å²) in [6.07, 6.45) is 1.02. The van der Waals surface area contributed by atoms with Crippen molar-refractivity contribution in [3.63, 3.8) is 0 Å². The van der Waals surface area contributed by atoms with Crippen molar-refractivity contribution in [2.75, 3.05) is 6.54 Å². The van der Waals surface area contributed by atoms with E-state index in [4.69, 9.17) is 5.73 Å². The van der Waals surface area contributed by atoms with Gasteiger partial charge in [0.2, 0.25) is 5.91 Å². The van der Waals surface area contributed by atoms with Crippen LogP contribution in [0, 0.1) is 5.92 Å². The van der Waals surface area contributed by atoms with Crippen LogP contribution in [0.5, 0.6) is 0 Å². The van der Waals surface area contributed by atoms with Crippen molar-refractivity contribution in [2.24, 2.45) is 11.7 Å². The molecule has 1 amide bonds. The molecule has 0 aliphatic carbocycles. The Morgan fingerprint density at radius 2 is 1.67 bits per heavy atom. The minimum Gasteiger partial charge on any atom is -0.339 e. The summed E-state index contributed by atoms with van der Waals surface area (Å²) in [5.41, 5.74) is 8.69. The first-order valence-corrected chi connectivity index (χ1v) is 8.74. The summed E-state index contributed by atoms with van der Waals surface area (Å²) >= 11 is 0. The average molecular weight is 322 g/mol. The van der Waals surface area contributed by atoms with Gasteiger partial charge in [0.1, 0.15) is 0 Å². The predicted octanol–water partition coefficient (Wildman–Crippen LogP) is 3.73. The van der Waals surface area contributed by atoms with Crippen molar-refractivity contribution in [2.45, 2.75) is 38.3 Å². The second-order valence-electron chi connectivity index (χ2n) is 6.91. The van der Waals surface area contributed by atoms with Gasteiger partial charge >= 0.3 is 0 Å². The van der Waals surface area contributed by atoms with Gasteiger partial charge in [0.25, 0.3) is 0 Å². The van der Waals surface area contributed by atoms with E-state index in [1.165, 1.54) is 5.56 Å². The Hall–Kier alpha value is -2.13. The van der Waals surface area contributed by atoms with Crippen LogP contribution in [0.4, 0.5) is 0 Å². The van der Waals surface area contributed by atoms with Gasteiger partial charge in [0.05, 0.1) is 5.92 Å². The summed E-state index contributed by atoms with van der Waals surface area (Å²) in [4.78, 5) is 15.0. The molecule has 1 aliphatic heterocycles. The van der Waals surface area contributed by atoms with Crippen molar-refractivity contribution >= 4 is 5.91 Å². The lowest BCUT2D eigenvalue weighted by atomic mass is 9.94. The first-order valence-electron chi connectivity index (χ1n) is 8.74. The molecule has 3 heteroatoms. The molecular formula is C21H26N2O. The highest BCUT2D eigenvalue weighted by molar-refractivity contribution is 5.80. The zero-order valence-electron chi connectivity index (χ0n) is 14.4. The maximum absolute atomic E-state index is 13.0. The number of likely N-dealkylation sites (tertiary alicyclic amines) is 1. The molecule has 126 valence electrons. The Labute approximate surface area is 144 Å². The first kappa shape index (κ1) is 16.7. The molecule has 2 aromatic carbocycles. The Bertz CT molecular complexity index is 671. The molecule has 1 heterocycles.